The van der Waals surface area contributed by atoms with Gasteiger partial charge in [0, 0.05) is 54.8 Å². The fraction of sp³-hybridized carbons (Fsp3) is 0.136. The smallest absolute Gasteiger partial charge is 0.364 e. The van der Waals surface area contributed by atoms with Gasteiger partial charge in [-0.05, 0) is 29.3 Å². The molecule has 0 unspecified atom stereocenters. The molecule has 0 amide bonds. The lowest BCUT2D eigenvalue weighted by molar-refractivity contribution is -0.384. The normalized spacial score (nSPS) is 10.9. The van der Waals surface area contributed by atoms with Crippen LogP contribution in [0.1, 0.15) is 21.5 Å². The fourth-order valence-electron chi connectivity index (χ4n) is 3.57. The number of methoxy groups -OCH3 is 1. The molecule has 4 aromatic rings. The summed E-state index contributed by atoms with van der Waals surface area (Å²) in [7, 11) is 3.32. The zero-order valence-corrected chi connectivity index (χ0v) is 17.2. The zero-order valence-electron chi connectivity index (χ0n) is 17.2. The number of aromatic nitrogens is 2. The lowest BCUT2D eigenvalue weighted by atomic mass is 10.0. The molecular weight excluding hydrogens is 418 g/mol. The predicted molar refractivity (Wildman–Crippen MR) is 114 cm³/mol. The molecule has 2 aromatic carbocycles. The van der Waals surface area contributed by atoms with Crippen molar-refractivity contribution in [3.05, 3.63) is 81.5 Å². The van der Waals surface area contributed by atoms with Crippen LogP contribution in [0.3, 0.4) is 0 Å². The largest absolute Gasteiger partial charge is 0.496 e. The Balaban J connectivity index is 1.65. The minimum atomic E-state index is -0.808. The van der Waals surface area contributed by atoms with Gasteiger partial charge >= 0.3 is 5.97 Å². The van der Waals surface area contributed by atoms with Crippen LogP contribution in [0.2, 0.25) is 0 Å². The maximum atomic E-state index is 12.4. The van der Waals surface area contributed by atoms with Crippen LogP contribution in [0.25, 0.3) is 10.9 Å². The summed E-state index contributed by atoms with van der Waals surface area (Å²) in [6, 6.07) is 11.8. The third-order valence-electron chi connectivity index (χ3n) is 5.14. The van der Waals surface area contributed by atoms with Gasteiger partial charge in [0.2, 0.25) is 11.8 Å². The van der Waals surface area contributed by atoms with Crippen LogP contribution in [-0.4, -0.2) is 37.5 Å². The summed E-state index contributed by atoms with van der Waals surface area (Å²) in [6.07, 6.45) is 2.31. The van der Waals surface area contributed by atoms with Crippen molar-refractivity contribution in [1.29, 1.82) is 0 Å². The molecule has 10 heteroatoms. The van der Waals surface area contributed by atoms with E-state index in [2.05, 4.69) is 0 Å². The van der Waals surface area contributed by atoms with E-state index in [0.29, 0.717) is 16.9 Å². The first-order chi connectivity index (χ1) is 15.3. The lowest BCUT2D eigenvalue weighted by Gasteiger charge is -2.11. The number of carbonyl (C=O) groups excluding carboxylic acids is 1. The van der Waals surface area contributed by atoms with Gasteiger partial charge in [0.05, 0.1) is 17.6 Å². The number of hydrogen-bond acceptors (Lipinski definition) is 7. The summed E-state index contributed by atoms with van der Waals surface area (Å²) in [5, 5.41) is 31.2. The summed E-state index contributed by atoms with van der Waals surface area (Å²) in [5.41, 5.74) is 2.63. The van der Waals surface area contributed by atoms with Gasteiger partial charge in [-0.25, -0.2) is 4.79 Å². The van der Waals surface area contributed by atoms with Crippen LogP contribution in [-0.2, 0) is 13.5 Å². The van der Waals surface area contributed by atoms with Gasteiger partial charge in [-0.1, -0.05) is 6.07 Å². The van der Waals surface area contributed by atoms with Gasteiger partial charge in [-0.3, -0.25) is 10.1 Å². The average molecular weight is 437 g/mol. The number of nitrogens with zero attached hydrogens (tertiary/aromatic N) is 3. The molecule has 0 atom stereocenters. The predicted octanol–water partition coefficient (Wildman–Crippen LogP) is 3.17. The number of nitro benzene ring substituents is 1. The number of aromatic hydroxyl groups is 2. The standard InChI is InChI=1S/C22H19N3O7/c1-23-12-15(17-11-16(25(29)30)5-6-18(17)23)9-13-3-4-14(10-19(13)31-2)22(28)32-24-20(26)7-8-21(24)27/h3-8,10-12,26-27H,9H2,1-2H3. The van der Waals surface area contributed by atoms with Crippen molar-refractivity contribution in [2.75, 3.05) is 7.11 Å². The SMILES string of the molecule is COc1cc(C(=O)On2c(O)ccc2O)ccc1Cc1cn(C)c2ccc([N+](=O)[O-])cc12. The van der Waals surface area contributed by atoms with E-state index < -0.39 is 22.7 Å². The molecule has 0 saturated heterocycles. The van der Waals surface area contributed by atoms with Crippen molar-refractivity contribution in [3.63, 3.8) is 0 Å². The Morgan fingerprint density at radius 2 is 1.78 bits per heavy atom. The fourth-order valence-corrected chi connectivity index (χ4v) is 3.57. The first-order valence-corrected chi connectivity index (χ1v) is 9.50. The molecule has 164 valence electrons. The highest BCUT2D eigenvalue weighted by Crippen LogP contribution is 2.30. The van der Waals surface area contributed by atoms with Gasteiger partial charge in [-0.2, -0.15) is 0 Å². The van der Waals surface area contributed by atoms with Crippen LogP contribution in [0.4, 0.5) is 5.69 Å². The number of rotatable bonds is 6. The molecule has 10 nitrogen and oxygen atoms in total. The molecule has 32 heavy (non-hydrogen) atoms. The molecule has 0 saturated carbocycles. The number of non-ortho nitro benzene ring substituents is 1. The second-order valence-electron chi connectivity index (χ2n) is 7.15. The molecule has 0 spiro atoms. The Kier molecular flexibility index (Phi) is 5.19. The highest BCUT2D eigenvalue weighted by molar-refractivity contribution is 5.90. The van der Waals surface area contributed by atoms with Gasteiger partial charge < -0.3 is 24.4 Å². The maximum Gasteiger partial charge on any atom is 0.364 e. The van der Waals surface area contributed by atoms with Crippen molar-refractivity contribution >= 4 is 22.6 Å². The molecule has 2 N–H and O–H groups in total. The summed E-state index contributed by atoms with van der Waals surface area (Å²) in [6.45, 7) is 0. The van der Waals surface area contributed by atoms with Crippen molar-refractivity contribution < 1.29 is 29.5 Å². The van der Waals surface area contributed by atoms with E-state index in [0.717, 1.165) is 22.0 Å². The van der Waals surface area contributed by atoms with Crippen molar-refractivity contribution in [3.8, 4) is 17.5 Å². The average Bonchev–Trinajstić information content (AvgIpc) is 3.26. The van der Waals surface area contributed by atoms with Crippen LogP contribution < -0.4 is 9.57 Å². The van der Waals surface area contributed by atoms with E-state index in [9.17, 15) is 25.1 Å². The topological polar surface area (TPSA) is 129 Å². The van der Waals surface area contributed by atoms with E-state index >= 15 is 0 Å². The van der Waals surface area contributed by atoms with Gasteiger partial charge in [0.15, 0.2) is 0 Å². The summed E-state index contributed by atoms with van der Waals surface area (Å²) in [4.78, 5) is 28.2. The lowest BCUT2D eigenvalue weighted by Crippen LogP contribution is -2.19. The Morgan fingerprint density at radius 3 is 2.44 bits per heavy atom. The quantitative estimate of drug-likeness (QED) is 0.350. The minimum absolute atomic E-state index is 0.00604. The third kappa shape index (κ3) is 3.69. The summed E-state index contributed by atoms with van der Waals surface area (Å²) >= 11 is 0. The van der Waals surface area contributed by atoms with E-state index in [1.807, 2.05) is 17.8 Å². The zero-order chi connectivity index (χ0) is 23.0. The van der Waals surface area contributed by atoms with Crippen molar-refractivity contribution in [2.24, 2.45) is 7.05 Å². The number of ether oxygens (including phenoxy) is 1. The second-order valence-corrected chi connectivity index (χ2v) is 7.15. The molecule has 4 rings (SSSR count). The van der Waals surface area contributed by atoms with E-state index in [1.54, 1.807) is 18.2 Å². The minimum Gasteiger partial charge on any atom is -0.496 e. The molecule has 2 heterocycles. The summed E-state index contributed by atoms with van der Waals surface area (Å²) < 4.78 is 7.94. The molecule has 0 radical (unpaired) electrons. The van der Waals surface area contributed by atoms with Crippen LogP contribution in [0.15, 0.2) is 54.7 Å². The molecular formula is C22H19N3O7. The molecule has 0 aliphatic heterocycles. The van der Waals surface area contributed by atoms with E-state index in [1.165, 1.54) is 37.4 Å². The number of hydrogen-bond donors (Lipinski definition) is 2. The molecule has 0 aliphatic carbocycles. The van der Waals surface area contributed by atoms with Crippen LogP contribution in [0.5, 0.6) is 17.5 Å². The van der Waals surface area contributed by atoms with E-state index in [-0.39, 0.29) is 11.3 Å². The monoisotopic (exact) mass is 437 g/mol. The van der Waals surface area contributed by atoms with Crippen molar-refractivity contribution in [1.82, 2.24) is 9.30 Å². The maximum absolute atomic E-state index is 12.4. The third-order valence-corrected chi connectivity index (χ3v) is 5.14. The number of aryl methyl sites for hydroxylation is 1. The highest BCUT2D eigenvalue weighted by Gasteiger charge is 2.18. The molecule has 2 aromatic heterocycles. The van der Waals surface area contributed by atoms with Crippen molar-refractivity contribution in [2.45, 2.75) is 6.42 Å². The molecule has 0 fully saturated rings. The number of carbonyl (C=O) groups is 1. The van der Waals surface area contributed by atoms with Gasteiger partial charge in [0.1, 0.15) is 5.75 Å². The molecule has 0 aliphatic rings. The Morgan fingerprint density at radius 1 is 1.06 bits per heavy atom. The van der Waals surface area contributed by atoms with Crippen LogP contribution in [0, 0.1) is 10.1 Å². The van der Waals surface area contributed by atoms with E-state index in [4.69, 9.17) is 9.57 Å². The Bertz CT molecular complexity index is 1330. The number of nitro groups is 1. The Hall–Kier alpha value is -4.47. The highest BCUT2D eigenvalue weighted by atomic mass is 16.7. The first kappa shape index (κ1) is 20.8. The van der Waals surface area contributed by atoms with Gasteiger partial charge in [0.25, 0.3) is 5.69 Å². The molecule has 0 bridgehead atoms. The first-order valence-electron chi connectivity index (χ1n) is 9.50. The summed E-state index contributed by atoms with van der Waals surface area (Å²) in [5.74, 6) is -1.24. The number of fused-ring (bicyclic) bond motifs is 1. The van der Waals surface area contributed by atoms with Crippen LogP contribution >= 0.6 is 0 Å². The Labute approximate surface area is 181 Å². The number of benzene rings is 2. The van der Waals surface area contributed by atoms with Gasteiger partial charge in [-0.15, -0.1) is 4.73 Å². The second kappa shape index (κ2) is 7.99.